The zero-order chi connectivity index (χ0) is 18.7. The summed E-state index contributed by atoms with van der Waals surface area (Å²) < 4.78 is 27.0. The number of hydrogen-bond donors (Lipinski definition) is 2. The first kappa shape index (κ1) is 18.0. The zero-order valence-electron chi connectivity index (χ0n) is 13.7. The number of carbonyl (C=O) groups is 1. The predicted octanol–water partition coefficient (Wildman–Crippen LogP) is 2.77. The van der Waals surface area contributed by atoms with E-state index < -0.39 is 18.0 Å². The Morgan fingerprint density at radius 1 is 1.35 bits per heavy atom. The first-order chi connectivity index (χ1) is 12.4. The lowest BCUT2D eigenvalue weighted by molar-refractivity contribution is 0.0939. The summed E-state index contributed by atoms with van der Waals surface area (Å²) in [6, 6.07) is 7.07. The Bertz CT molecular complexity index is 906. The summed E-state index contributed by atoms with van der Waals surface area (Å²) in [5.41, 5.74) is 0.134. The van der Waals surface area contributed by atoms with Crippen LogP contribution in [0.15, 0.2) is 30.5 Å². The molecule has 2 N–H and O–H groups in total. The molecular weight excluding hydrogens is 366 g/mol. The van der Waals surface area contributed by atoms with Crippen LogP contribution in [0.1, 0.15) is 28.3 Å². The number of aryl methyl sites for hydroxylation is 1. The van der Waals surface area contributed by atoms with Gasteiger partial charge in [-0.05, 0) is 24.3 Å². The van der Waals surface area contributed by atoms with E-state index in [-0.39, 0.29) is 12.1 Å². The number of aromatic amines is 1. The number of alkyl halides is 2. The Balaban J connectivity index is 1.59. The van der Waals surface area contributed by atoms with E-state index in [2.05, 4.69) is 25.6 Å². The predicted molar refractivity (Wildman–Crippen MR) is 91.0 cm³/mol. The first-order valence-electron chi connectivity index (χ1n) is 7.71. The van der Waals surface area contributed by atoms with Gasteiger partial charge in [-0.1, -0.05) is 11.6 Å². The first-order valence-corrected chi connectivity index (χ1v) is 8.09. The second-order valence-corrected chi connectivity index (χ2v) is 5.96. The van der Waals surface area contributed by atoms with Gasteiger partial charge < -0.3 is 5.32 Å². The molecular formula is C16H15ClF2N6O. The van der Waals surface area contributed by atoms with Crippen molar-refractivity contribution < 1.29 is 13.6 Å². The number of amides is 1. The third kappa shape index (κ3) is 4.05. The standard InChI is InChI=1S/C16H15ClF2N6O/c1-25-8-11(13(24-25)14(18)19)16(26)20-7-6-12-21-15(23-22-12)9-2-4-10(17)5-3-9/h2-5,8,14H,6-7H2,1H3,(H,20,26)(H,21,22,23). The molecule has 1 aromatic carbocycles. The molecule has 26 heavy (non-hydrogen) atoms. The number of halogens is 3. The van der Waals surface area contributed by atoms with Crippen molar-refractivity contribution in [3.05, 3.63) is 52.6 Å². The Hall–Kier alpha value is -2.81. The third-order valence-electron chi connectivity index (χ3n) is 3.59. The highest BCUT2D eigenvalue weighted by Crippen LogP contribution is 2.21. The monoisotopic (exact) mass is 380 g/mol. The van der Waals surface area contributed by atoms with Crippen LogP contribution in [0, 0.1) is 0 Å². The second-order valence-electron chi connectivity index (χ2n) is 5.52. The van der Waals surface area contributed by atoms with Gasteiger partial charge in [0.15, 0.2) is 5.82 Å². The van der Waals surface area contributed by atoms with Gasteiger partial charge in [0.1, 0.15) is 11.5 Å². The Morgan fingerprint density at radius 2 is 2.08 bits per heavy atom. The van der Waals surface area contributed by atoms with Gasteiger partial charge in [0.05, 0.1) is 5.56 Å². The van der Waals surface area contributed by atoms with Crippen LogP contribution in [0.2, 0.25) is 5.02 Å². The molecule has 0 saturated carbocycles. The molecule has 2 heterocycles. The molecule has 136 valence electrons. The minimum Gasteiger partial charge on any atom is -0.351 e. The van der Waals surface area contributed by atoms with Crippen LogP contribution in [0.5, 0.6) is 0 Å². The molecule has 3 rings (SSSR count). The highest BCUT2D eigenvalue weighted by molar-refractivity contribution is 6.30. The number of hydrogen-bond acceptors (Lipinski definition) is 4. The maximum absolute atomic E-state index is 12.9. The van der Waals surface area contributed by atoms with Crippen LogP contribution < -0.4 is 5.32 Å². The number of rotatable bonds is 6. The topological polar surface area (TPSA) is 88.5 Å². The fourth-order valence-electron chi connectivity index (χ4n) is 2.37. The highest BCUT2D eigenvalue weighted by Gasteiger charge is 2.22. The van der Waals surface area contributed by atoms with E-state index in [1.165, 1.54) is 17.9 Å². The number of benzene rings is 1. The fraction of sp³-hybridized carbons (Fsp3) is 0.250. The normalized spacial score (nSPS) is 11.1. The van der Waals surface area contributed by atoms with E-state index in [9.17, 15) is 13.6 Å². The van der Waals surface area contributed by atoms with Crippen LogP contribution in [-0.4, -0.2) is 37.4 Å². The van der Waals surface area contributed by atoms with Gasteiger partial charge in [0.2, 0.25) is 0 Å². The van der Waals surface area contributed by atoms with Gasteiger partial charge >= 0.3 is 0 Å². The maximum atomic E-state index is 12.9. The van der Waals surface area contributed by atoms with E-state index in [1.54, 1.807) is 24.3 Å². The SMILES string of the molecule is Cn1cc(C(=O)NCCc2nc(-c3ccc(Cl)cc3)n[nH]2)c(C(F)F)n1. The summed E-state index contributed by atoms with van der Waals surface area (Å²) in [4.78, 5) is 16.4. The van der Waals surface area contributed by atoms with E-state index >= 15 is 0 Å². The fourth-order valence-corrected chi connectivity index (χ4v) is 2.49. The van der Waals surface area contributed by atoms with Gasteiger partial charge in [0.25, 0.3) is 12.3 Å². The van der Waals surface area contributed by atoms with E-state index in [0.717, 1.165) is 5.56 Å². The van der Waals surface area contributed by atoms with Crippen molar-refractivity contribution in [2.75, 3.05) is 6.54 Å². The summed E-state index contributed by atoms with van der Waals surface area (Å²) in [5.74, 6) is 0.469. The van der Waals surface area contributed by atoms with Crippen molar-refractivity contribution in [2.24, 2.45) is 7.05 Å². The van der Waals surface area contributed by atoms with Crippen molar-refractivity contribution in [3.63, 3.8) is 0 Å². The quantitative estimate of drug-likeness (QED) is 0.688. The minimum absolute atomic E-state index is 0.137. The number of carbonyl (C=O) groups excluding carboxylic acids is 1. The van der Waals surface area contributed by atoms with Gasteiger partial charge in [0, 0.05) is 36.8 Å². The van der Waals surface area contributed by atoms with Gasteiger partial charge in [-0.3, -0.25) is 14.6 Å². The molecule has 0 bridgehead atoms. The zero-order valence-corrected chi connectivity index (χ0v) is 14.5. The molecule has 0 unspecified atom stereocenters. The van der Waals surface area contributed by atoms with Crippen LogP contribution in [-0.2, 0) is 13.5 Å². The molecule has 3 aromatic rings. The Labute approximate surface area is 152 Å². The number of H-pyrrole nitrogens is 1. The van der Waals surface area contributed by atoms with Crippen molar-refractivity contribution in [2.45, 2.75) is 12.8 Å². The lowest BCUT2D eigenvalue weighted by Gasteiger charge is -2.03. The molecule has 10 heteroatoms. The van der Waals surface area contributed by atoms with Gasteiger partial charge in [-0.15, -0.1) is 0 Å². The van der Waals surface area contributed by atoms with Crippen LogP contribution in [0.4, 0.5) is 8.78 Å². The average Bonchev–Trinajstić information content (AvgIpc) is 3.22. The van der Waals surface area contributed by atoms with Crippen LogP contribution in [0.25, 0.3) is 11.4 Å². The summed E-state index contributed by atoms with van der Waals surface area (Å²) in [5, 5.41) is 13.7. The Kier molecular flexibility index (Phi) is 5.27. The third-order valence-corrected chi connectivity index (χ3v) is 3.84. The van der Waals surface area contributed by atoms with Crippen LogP contribution >= 0.6 is 11.6 Å². The number of aromatic nitrogens is 5. The summed E-state index contributed by atoms with van der Waals surface area (Å²) in [6.07, 6.45) is -1.17. The van der Waals surface area contributed by atoms with Crippen LogP contribution in [0.3, 0.4) is 0 Å². The Morgan fingerprint density at radius 3 is 2.77 bits per heavy atom. The van der Waals surface area contributed by atoms with Crippen molar-refractivity contribution in [1.82, 2.24) is 30.3 Å². The van der Waals surface area contributed by atoms with E-state index in [0.29, 0.717) is 23.1 Å². The molecule has 0 spiro atoms. The summed E-state index contributed by atoms with van der Waals surface area (Å²) >= 11 is 5.84. The largest absolute Gasteiger partial charge is 0.351 e. The molecule has 0 aliphatic rings. The molecule has 0 fully saturated rings. The molecule has 0 radical (unpaired) electrons. The molecule has 0 saturated heterocycles. The van der Waals surface area contributed by atoms with Crippen molar-refractivity contribution >= 4 is 17.5 Å². The lowest BCUT2D eigenvalue weighted by atomic mass is 10.2. The summed E-state index contributed by atoms with van der Waals surface area (Å²) in [6.45, 7) is 0.214. The molecule has 1 amide bonds. The average molecular weight is 381 g/mol. The van der Waals surface area contributed by atoms with E-state index in [4.69, 9.17) is 11.6 Å². The molecule has 0 atom stereocenters. The molecule has 2 aromatic heterocycles. The smallest absolute Gasteiger partial charge is 0.282 e. The maximum Gasteiger partial charge on any atom is 0.282 e. The second kappa shape index (κ2) is 7.61. The van der Waals surface area contributed by atoms with Gasteiger partial charge in [-0.2, -0.15) is 10.2 Å². The number of nitrogens with one attached hydrogen (secondary N) is 2. The molecule has 0 aliphatic heterocycles. The highest BCUT2D eigenvalue weighted by atomic mass is 35.5. The van der Waals surface area contributed by atoms with Crippen molar-refractivity contribution in [3.8, 4) is 11.4 Å². The summed E-state index contributed by atoms with van der Waals surface area (Å²) in [7, 11) is 1.48. The molecule has 7 nitrogen and oxygen atoms in total. The lowest BCUT2D eigenvalue weighted by Crippen LogP contribution is -2.26. The van der Waals surface area contributed by atoms with Crippen molar-refractivity contribution in [1.29, 1.82) is 0 Å². The van der Waals surface area contributed by atoms with E-state index in [1.807, 2.05) is 0 Å². The minimum atomic E-state index is -2.81. The van der Waals surface area contributed by atoms with Gasteiger partial charge in [-0.25, -0.2) is 13.8 Å². The molecule has 0 aliphatic carbocycles. The number of nitrogens with zero attached hydrogens (tertiary/aromatic N) is 4.